The van der Waals surface area contributed by atoms with Gasteiger partial charge >= 0.3 is 5.97 Å². The van der Waals surface area contributed by atoms with Crippen molar-refractivity contribution in [1.82, 2.24) is 5.32 Å². The molecule has 0 aromatic heterocycles. The van der Waals surface area contributed by atoms with Gasteiger partial charge in [-0.3, -0.25) is 9.59 Å². The molecule has 0 bridgehead atoms. The van der Waals surface area contributed by atoms with E-state index in [1.54, 1.807) is 6.08 Å². The normalized spacial score (nSPS) is 12.6. The number of aliphatic hydroxyl groups is 2. The number of rotatable bonds is 75. The minimum Gasteiger partial charge on any atom is -0.466 e. The average Bonchev–Trinajstić information content (AvgIpc) is 3.53. The quantitative estimate of drug-likeness (QED) is 0.0320. The summed E-state index contributed by atoms with van der Waals surface area (Å²) in [5.41, 5.74) is 0. The van der Waals surface area contributed by atoms with Crippen LogP contribution in [0.1, 0.15) is 444 Å². The number of carbonyl (C=O) groups is 2. The topological polar surface area (TPSA) is 95.9 Å². The molecule has 0 aliphatic carbocycles. The summed E-state index contributed by atoms with van der Waals surface area (Å²) in [4.78, 5) is 24.7. The lowest BCUT2D eigenvalue weighted by molar-refractivity contribution is -0.143. The highest BCUT2D eigenvalue weighted by Gasteiger charge is 2.18. The summed E-state index contributed by atoms with van der Waals surface area (Å²) in [6.45, 7) is 4.93. The fourth-order valence-corrected chi connectivity index (χ4v) is 12.6. The van der Waals surface area contributed by atoms with Crippen molar-refractivity contribution < 1.29 is 24.5 Å². The number of amides is 1. The lowest BCUT2D eigenvalue weighted by atomic mass is 10.0. The molecule has 0 aliphatic heterocycles. The number of carbonyl (C=O) groups excluding carboxylic acids is 2. The van der Waals surface area contributed by atoms with Crippen LogP contribution in [0.3, 0.4) is 0 Å². The van der Waals surface area contributed by atoms with Crippen LogP contribution in [0.15, 0.2) is 36.5 Å². The molecule has 6 nitrogen and oxygen atoms in total. The highest BCUT2D eigenvalue weighted by molar-refractivity contribution is 5.76. The monoisotopic (exact) mass is 1220 g/mol. The van der Waals surface area contributed by atoms with E-state index in [9.17, 15) is 19.8 Å². The van der Waals surface area contributed by atoms with Crippen LogP contribution in [0.4, 0.5) is 0 Å². The van der Waals surface area contributed by atoms with Gasteiger partial charge in [0.05, 0.1) is 25.4 Å². The van der Waals surface area contributed by atoms with Gasteiger partial charge in [-0.1, -0.05) is 403 Å². The standard InChI is InChI=1S/C81H155NO5/c1-3-5-7-9-11-13-15-17-19-21-23-24-32-35-38-41-45-49-53-57-61-65-69-73-79(84)78(77-83)82-80(85)74-70-66-62-58-54-50-46-42-39-36-33-30-28-26-25-27-29-31-34-37-40-44-48-52-56-60-64-68-72-76-87-81(86)75-71-67-63-59-55-51-47-43-22-20-18-16-14-12-10-8-6-4-2/h14,16,20,22,69,73,78-79,83-84H,3-13,15,17-19,21,23-68,70-72,74-77H2,1-2H3,(H,82,85)/b16-14-,22-20-,73-69+. The molecule has 0 spiro atoms. The maximum Gasteiger partial charge on any atom is 0.305 e. The molecule has 2 unspecified atom stereocenters. The molecular weight excluding hydrogens is 1070 g/mol. The second kappa shape index (κ2) is 76.5. The van der Waals surface area contributed by atoms with E-state index in [1.807, 2.05) is 6.08 Å². The zero-order chi connectivity index (χ0) is 62.8. The summed E-state index contributed by atoms with van der Waals surface area (Å²) in [5.74, 6) is -0.0470. The molecule has 0 radical (unpaired) electrons. The Kier molecular flexibility index (Phi) is 74.8. The van der Waals surface area contributed by atoms with Gasteiger partial charge < -0.3 is 20.3 Å². The molecule has 0 heterocycles. The summed E-state index contributed by atoms with van der Waals surface area (Å²) >= 11 is 0. The SMILES string of the molecule is CCCCCC/C=C\C/C=C\CCCCCCCCCC(=O)OCCCCCCCCCCCCCCCCCCCCCCCCCCCCCCCC(=O)NC(CO)C(O)/C=C/CCCCCCCCCCCCCCCCCCCCCCC. The number of hydrogen-bond donors (Lipinski definition) is 3. The number of esters is 1. The molecule has 0 aromatic rings. The molecule has 2 atom stereocenters. The first-order valence-electron chi connectivity index (χ1n) is 39.8. The zero-order valence-corrected chi connectivity index (χ0v) is 59.0. The second-order valence-electron chi connectivity index (χ2n) is 27.4. The molecule has 87 heavy (non-hydrogen) atoms. The van der Waals surface area contributed by atoms with E-state index in [0.717, 1.165) is 51.4 Å². The van der Waals surface area contributed by atoms with Crippen LogP contribution < -0.4 is 5.32 Å². The summed E-state index contributed by atoms with van der Waals surface area (Å²) in [6.07, 6.45) is 99.8. The van der Waals surface area contributed by atoms with E-state index in [0.29, 0.717) is 19.4 Å². The first-order chi connectivity index (χ1) is 43.0. The number of hydrogen-bond acceptors (Lipinski definition) is 5. The van der Waals surface area contributed by atoms with E-state index in [2.05, 4.69) is 43.5 Å². The van der Waals surface area contributed by atoms with Gasteiger partial charge in [0, 0.05) is 12.8 Å². The molecule has 0 saturated heterocycles. The second-order valence-corrected chi connectivity index (χ2v) is 27.4. The van der Waals surface area contributed by atoms with E-state index in [-0.39, 0.29) is 18.5 Å². The van der Waals surface area contributed by atoms with Crippen molar-refractivity contribution in [2.45, 2.75) is 456 Å². The van der Waals surface area contributed by atoms with Crippen molar-refractivity contribution in [3.05, 3.63) is 36.5 Å². The van der Waals surface area contributed by atoms with Crippen LogP contribution in [-0.4, -0.2) is 47.4 Å². The van der Waals surface area contributed by atoms with Gasteiger partial charge in [0.25, 0.3) is 0 Å². The van der Waals surface area contributed by atoms with Crippen LogP contribution >= 0.6 is 0 Å². The molecule has 0 fully saturated rings. The fourth-order valence-electron chi connectivity index (χ4n) is 12.6. The third kappa shape index (κ3) is 73.0. The largest absolute Gasteiger partial charge is 0.466 e. The molecule has 6 heteroatoms. The molecule has 0 saturated carbocycles. The Morgan fingerprint density at radius 2 is 0.575 bits per heavy atom. The number of unbranched alkanes of at least 4 members (excludes halogenated alkanes) is 60. The Bertz CT molecular complexity index is 1410. The molecule has 0 rings (SSSR count). The van der Waals surface area contributed by atoms with Gasteiger partial charge in [-0.05, 0) is 64.2 Å². The minimum absolute atomic E-state index is 0.0126. The number of nitrogens with one attached hydrogen (secondary N) is 1. The molecule has 1 amide bonds. The first-order valence-corrected chi connectivity index (χ1v) is 39.8. The van der Waals surface area contributed by atoms with Crippen molar-refractivity contribution in [1.29, 1.82) is 0 Å². The number of aliphatic hydroxyl groups excluding tert-OH is 2. The lowest BCUT2D eigenvalue weighted by Crippen LogP contribution is -2.45. The summed E-state index contributed by atoms with van der Waals surface area (Å²) < 4.78 is 5.51. The van der Waals surface area contributed by atoms with E-state index >= 15 is 0 Å². The van der Waals surface area contributed by atoms with E-state index in [4.69, 9.17) is 4.74 Å². The molecular formula is C81H155NO5. The molecule has 0 aliphatic rings. The van der Waals surface area contributed by atoms with Crippen LogP contribution in [0.5, 0.6) is 0 Å². The smallest absolute Gasteiger partial charge is 0.305 e. The fraction of sp³-hybridized carbons (Fsp3) is 0.901. The predicted molar refractivity (Wildman–Crippen MR) is 384 cm³/mol. The van der Waals surface area contributed by atoms with Gasteiger partial charge in [-0.25, -0.2) is 0 Å². The third-order valence-electron chi connectivity index (χ3n) is 18.7. The van der Waals surface area contributed by atoms with Crippen LogP contribution in [0.25, 0.3) is 0 Å². The average molecular weight is 1220 g/mol. The van der Waals surface area contributed by atoms with Gasteiger partial charge in [0.1, 0.15) is 0 Å². The highest BCUT2D eigenvalue weighted by atomic mass is 16.5. The number of allylic oxidation sites excluding steroid dienone is 5. The van der Waals surface area contributed by atoms with E-state index < -0.39 is 12.1 Å². The van der Waals surface area contributed by atoms with Crippen LogP contribution in [0, 0.1) is 0 Å². The molecule has 514 valence electrons. The first kappa shape index (κ1) is 85.1. The van der Waals surface area contributed by atoms with Gasteiger partial charge in [-0.2, -0.15) is 0 Å². The summed E-state index contributed by atoms with van der Waals surface area (Å²) in [5, 5.41) is 23.3. The molecule has 3 N–H and O–H groups in total. The molecule has 0 aromatic carbocycles. The summed E-state index contributed by atoms with van der Waals surface area (Å²) in [6, 6.07) is -0.627. The summed E-state index contributed by atoms with van der Waals surface area (Å²) in [7, 11) is 0. The lowest BCUT2D eigenvalue weighted by Gasteiger charge is -2.20. The number of ether oxygens (including phenoxy) is 1. The predicted octanol–water partition coefficient (Wildman–Crippen LogP) is 26.2. The zero-order valence-electron chi connectivity index (χ0n) is 59.0. The van der Waals surface area contributed by atoms with Crippen LogP contribution in [0.2, 0.25) is 0 Å². The Morgan fingerprint density at radius 3 is 0.885 bits per heavy atom. The maximum atomic E-state index is 12.6. The van der Waals surface area contributed by atoms with Crippen molar-refractivity contribution in [2.75, 3.05) is 13.2 Å². The highest BCUT2D eigenvalue weighted by Crippen LogP contribution is 2.20. The van der Waals surface area contributed by atoms with Crippen molar-refractivity contribution in [2.24, 2.45) is 0 Å². The minimum atomic E-state index is -0.844. The van der Waals surface area contributed by atoms with E-state index in [1.165, 1.54) is 366 Å². The van der Waals surface area contributed by atoms with Crippen molar-refractivity contribution >= 4 is 11.9 Å². The van der Waals surface area contributed by atoms with Gasteiger partial charge in [-0.15, -0.1) is 0 Å². The van der Waals surface area contributed by atoms with Gasteiger partial charge in [0.2, 0.25) is 5.91 Å². The van der Waals surface area contributed by atoms with Crippen LogP contribution in [-0.2, 0) is 14.3 Å². The van der Waals surface area contributed by atoms with Crippen molar-refractivity contribution in [3.63, 3.8) is 0 Å². The Hall–Kier alpha value is -1.92. The third-order valence-corrected chi connectivity index (χ3v) is 18.7. The van der Waals surface area contributed by atoms with Crippen molar-refractivity contribution in [3.8, 4) is 0 Å². The Balaban J connectivity index is 3.36. The maximum absolute atomic E-state index is 12.6. The Morgan fingerprint density at radius 1 is 0.322 bits per heavy atom. The Labute approximate surface area is 544 Å². The van der Waals surface area contributed by atoms with Gasteiger partial charge in [0.15, 0.2) is 0 Å².